The molecule has 0 saturated carbocycles. The van der Waals surface area contributed by atoms with Crippen LogP contribution in [-0.2, 0) is 9.53 Å². The number of nitrogens with zero attached hydrogens (tertiary/aromatic N) is 1. The summed E-state index contributed by atoms with van der Waals surface area (Å²) in [5.74, 6) is 0.490. The number of amides is 1. The highest BCUT2D eigenvalue weighted by Crippen LogP contribution is 2.03. The van der Waals surface area contributed by atoms with Gasteiger partial charge in [0.1, 0.15) is 6.61 Å². The SMILES string of the molecule is CCCOCC(=O)N(C)CCC(N)C(C)C. The lowest BCUT2D eigenvalue weighted by atomic mass is 10.0. The van der Waals surface area contributed by atoms with E-state index in [0.29, 0.717) is 19.1 Å². The van der Waals surface area contributed by atoms with Crippen LogP contribution in [0.2, 0.25) is 0 Å². The molecule has 16 heavy (non-hydrogen) atoms. The fourth-order valence-corrected chi connectivity index (χ4v) is 1.21. The standard InChI is InChI=1S/C12H26N2O2/c1-5-8-16-9-12(15)14(4)7-6-11(13)10(2)3/h10-11H,5-9,13H2,1-4H3. The van der Waals surface area contributed by atoms with E-state index in [4.69, 9.17) is 10.5 Å². The number of likely N-dealkylation sites (N-methyl/N-ethyl adjacent to an activating group) is 1. The summed E-state index contributed by atoms with van der Waals surface area (Å²) in [6, 6.07) is 0.159. The van der Waals surface area contributed by atoms with Crippen LogP contribution in [-0.4, -0.2) is 43.7 Å². The monoisotopic (exact) mass is 230 g/mol. The molecule has 1 amide bonds. The van der Waals surface area contributed by atoms with Gasteiger partial charge in [0.2, 0.25) is 5.91 Å². The van der Waals surface area contributed by atoms with E-state index < -0.39 is 0 Å². The first-order chi connectivity index (χ1) is 7.49. The predicted molar refractivity (Wildman–Crippen MR) is 66.2 cm³/mol. The van der Waals surface area contributed by atoms with Gasteiger partial charge < -0.3 is 15.4 Å². The third-order valence-corrected chi connectivity index (χ3v) is 2.65. The maximum Gasteiger partial charge on any atom is 0.248 e. The van der Waals surface area contributed by atoms with Gasteiger partial charge in [-0.3, -0.25) is 4.79 Å². The summed E-state index contributed by atoms with van der Waals surface area (Å²) in [5.41, 5.74) is 5.92. The molecule has 4 heteroatoms. The molecular formula is C12H26N2O2. The van der Waals surface area contributed by atoms with Crippen LogP contribution in [0.25, 0.3) is 0 Å². The fourth-order valence-electron chi connectivity index (χ4n) is 1.21. The number of carbonyl (C=O) groups is 1. The molecule has 0 heterocycles. The van der Waals surface area contributed by atoms with Crippen LogP contribution in [0.5, 0.6) is 0 Å². The highest BCUT2D eigenvalue weighted by atomic mass is 16.5. The molecule has 0 spiro atoms. The van der Waals surface area contributed by atoms with Crippen LogP contribution >= 0.6 is 0 Å². The summed E-state index contributed by atoms with van der Waals surface area (Å²) in [5, 5.41) is 0. The van der Waals surface area contributed by atoms with E-state index in [9.17, 15) is 4.79 Å². The first-order valence-corrected chi connectivity index (χ1v) is 6.06. The molecule has 0 aliphatic carbocycles. The lowest BCUT2D eigenvalue weighted by molar-refractivity contribution is -0.134. The third-order valence-electron chi connectivity index (χ3n) is 2.65. The maximum absolute atomic E-state index is 11.6. The van der Waals surface area contributed by atoms with Crippen molar-refractivity contribution in [3.63, 3.8) is 0 Å². The average Bonchev–Trinajstić information content (AvgIpc) is 2.25. The Morgan fingerprint density at radius 1 is 1.44 bits per heavy atom. The number of carbonyl (C=O) groups excluding carboxylic acids is 1. The van der Waals surface area contributed by atoms with Crippen LogP contribution in [0.1, 0.15) is 33.6 Å². The lowest BCUT2D eigenvalue weighted by Crippen LogP contribution is -2.36. The van der Waals surface area contributed by atoms with Crippen molar-refractivity contribution in [2.75, 3.05) is 26.8 Å². The quantitative estimate of drug-likeness (QED) is 0.638. The van der Waals surface area contributed by atoms with Crippen LogP contribution in [0, 0.1) is 5.92 Å². The molecule has 0 radical (unpaired) electrons. The van der Waals surface area contributed by atoms with Gasteiger partial charge in [0.15, 0.2) is 0 Å². The number of hydrogen-bond acceptors (Lipinski definition) is 3. The average molecular weight is 230 g/mol. The smallest absolute Gasteiger partial charge is 0.248 e. The highest BCUT2D eigenvalue weighted by molar-refractivity contribution is 5.77. The second-order valence-electron chi connectivity index (χ2n) is 4.56. The first-order valence-electron chi connectivity index (χ1n) is 6.06. The van der Waals surface area contributed by atoms with Crippen molar-refractivity contribution in [1.82, 2.24) is 4.90 Å². The minimum absolute atomic E-state index is 0.0319. The summed E-state index contributed by atoms with van der Waals surface area (Å²) in [7, 11) is 1.80. The molecular weight excluding hydrogens is 204 g/mol. The Morgan fingerprint density at radius 3 is 2.56 bits per heavy atom. The molecule has 0 rings (SSSR count). The molecule has 2 N–H and O–H groups in total. The molecule has 0 fully saturated rings. The highest BCUT2D eigenvalue weighted by Gasteiger charge is 2.12. The zero-order valence-corrected chi connectivity index (χ0v) is 11.0. The van der Waals surface area contributed by atoms with Gasteiger partial charge in [-0.05, 0) is 18.8 Å². The first kappa shape index (κ1) is 15.4. The molecule has 1 atom stereocenters. The van der Waals surface area contributed by atoms with Crippen LogP contribution in [0.3, 0.4) is 0 Å². The summed E-state index contributed by atoms with van der Waals surface area (Å²) in [6.07, 6.45) is 1.78. The Labute approximate surface area is 99.1 Å². The zero-order valence-electron chi connectivity index (χ0n) is 11.0. The number of hydrogen-bond donors (Lipinski definition) is 1. The molecule has 96 valence electrons. The predicted octanol–water partition coefficient (Wildman–Crippen LogP) is 1.24. The van der Waals surface area contributed by atoms with Gasteiger partial charge in [-0.15, -0.1) is 0 Å². The van der Waals surface area contributed by atoms with Crippen molar-refractivity contribution in [2.24, 2.45) is 11.7 Å². The molecule has 1 unspecified atom stereocenters. The molecule has 0 aliphatic rings. The summed E-state index contributed by atoms with van der Waals surface area (Å²) < 4.78 is 5.20. The number of rotatable bonds is 8. The molecule has 0 aromatic heterocycles. The van der Waals surface area contributed by atoms with E-state index in [0.717, 1.165) is 12.8 Å². The van der Waals surface area contributed by atoms with Gasteiger partial charge in [-0.25, -0.2) is 0 Å². The number of nitrogens with two attached hydrogens (primary N) is 1. The van der Waals surface area contributed by atoms with Gasteiger partial charge in [0.25, 0.3) is 0 Å². The maximum atomic E-state index is 11.6. The third kappa shape index (κ3) is 6.80. The normalized spacial score (nSPS) is 12.9. The van der Waals surface area contributed by atoms with Crippen molar-refractivity contribution in [2.45, 2.75) is 39.7 Å². The molecule has 0 aromatic rings. The van der Waals surface area contributed by atoms with Crippen LogP contribution < -0.4 is 5.73 Å². The summed E-state index contributed by atoms with van der Waals surface area (Å²) in [6.45, 7) is 7.74. The Hall–Kier alpha value is -0.610. The minimum Gasteiger partial charge on any atom is -0.372 e. The second kappa shape index (κ2) is 8.53. The fraction of sp³-hybridized carbons (Fsp3) is 0.917. The topological polar surface area (TPSA) is 55.6 Å². The lowest BCUT2D eigenvalue weighted by Gasteiger charge is -2.21. The number of ether oxygens (including phenoxy) is 1. The molecule has 4 nitrogen and oxygen atoms in total. The van der Waals surface area contributed by atoms with Crippen molar-refractivity contribution in [1.29, 1.82) is 0 Å². The van der Waals surface area contributed by atoms with Crippen LogP contribution in [0.4, 0.5) is 0 Å². The van der Waals surface area contributed by atoms with E-state index in [1.54, 1.807) is 11.9 Å². The molecule has 0 aromatic carbocycles. The van der Waals surface area contributed by atoms with Gasteiger partial charge in [-0.1, -0.05) is 20.8 Å². The summed E-state index contributed by atoms with van der Waals surface area (Å²) in [4.78, 5) is 13.3. The van der Waals surface area contributed by atoms with E-state index in [1.807, 2.05) is 6.92 Å². The van der Waals surface area contributed by atoms with Gasteiger partial charge in [0, 0.05) is 26.2 Å². The minimum atomic E-state index is 0.0319. The Kier molecular flexibility index (Phi) is 8.21. The van der Waals surface area contributed by atoms with Gasteiger partial charge >= 0.3 is 0 Å². The molecule has 0 bridgehead atoms. The largest absolute Gasteiger partial charge is 0.372 e. The van der Waals surface area contributed by atoms with E-state index >= 15 is 0 Å². The molecule has 0 aliphatic heterocycles. The van der Waals surface area contributed by atoms with E-state index in [2.05, 4.69) is 13.8 Å². The van der Waals surface area contributed by atoms with Crippen molar-refractivity contribution < 1.29 is 9.53 Å². The van der Waals surface area contributed by atoms with E-state index in [1.165, 1.54) is 0 Å². The van der Waals surface area contributed by atoms with Crippen molar-refractivity contribution >= 4 is 5.91 Å². The zero-order chi connectivity index (χ0) is 12.6. The van der Waals surface area contributed by atoms with Gasteiger partial charge in [0.05, 0.1) is 0 Å². The van der Waals surface area contributed by atoms with Crippen molar-refractivity contribution in [3.8, 4) is 0 Å². The Bertz CT molecular complexity index is 195. The Morgan fingerprint density at radius 2 is 2.06 bits per heavy atom. The van der Waals surface area contributed by atoms with Gasteiger partial charge in [-0.2, -0.15) is 0 Å². The summed E-state index contributed by atoms with van der Waals surface area (Å²) >= 11 is 0. The van der Waals surface area contributed by atoms with Crippen molar-refractivity contribution in [3.05, 3.63) is 0 Å². The second-order valence-corrected chi connectivity index (χ2v) is 4.56. The Balaban J connectivity index is 3.70. The molecule has 0 saturated heterocycles. The van der Waals surface area contributed by atoms with E-state index in [-0.39, 0.29) is 18.6 Å². The van der Waals surface area contributed by atoms with Crippen LogP contribution in [0.15, 0.2) is 0 Å².